The van der Waals surface area contributed by atoms with E-state index >= 15 is 0 Å². The van der Waals surface area contributed by atoms with Crippen LogP contribution in [-0.4, -0.2) is 48.9 Å². The second-order valence-corrected chi connectivity index (χ2v) is 7.93. The van der Waals surface area contributed by atoms with E-state index in [1.165, 1.54) is 26.3 Å². The number of hydrogen-bond donors (Lipinski definition) is 1. The number of carboxylic acid groups (broad SMARTS) is 1. The van der Waals surface area contributed by atoms with Crippen LogP contribution in [0.3, 0.4) is 0 Å². The maximum absolute atomic E-state index is 14.4. The molecule has 0 aromatic heterocycles. The molecule has 3 aromatic carbocycles. The Morgan fingerprint density at radius 2 is 1.64 bits per heavy atom. The quantitative estimate of drug-likeness (QED) is 0.565. The number of amides is 1. The molecule has 33 heavy (non-hydrogen) atoms. The molecule has 0 saturated heterocycles. The second-order valence-electron chi connectivity index (χ2n) is 7.93. The van der Waals surface area contributed by atoms with Gasteiger partial charge in [0.15, 0.2) is 0 Å². The van der Waals surface area contributed by atoms with Crippen molar-refractivity contribution in [1.29, 1.82) is 0 Å². The maximum Gasteiger partial charge on any atom is 0.410 e. The third kappa shape index (κ3) is 4.39. The fourth-order valence-corrected chi connectivity index (χ4v) is 4.24. The SMILES string of the molecule is COc1ccc(CC(C(=O)O)N(C)C(=O)OCC2c3ccccc3-c3ccccc32)c(F)c1. The average molecular weight is 449 g/mol. The van der Waals surface area contributed by atoms with Crippen LogP contribution in [-0.2, 0) is 16.0 Å². The van der Waals surface area contributed by atoms with Gasteiger partial charge in [-0.05, 0) is 33.9 Å². The molecule has 6 nitrogen and oxygen atoms in total. The van der Waals surface area contributed by atoms with Gasteiger partial charge >= 0.3 is 12.1 Å². The lowest BCUT2D eigenvalue weighted by atomic mass is 9.98. The van der Waals surface area contributed by atoms with Gasteiger partial charge in [0, 0.05) is 25.5 Å². The third-order valence-corrected chi connectivity index (χ3v) is 6.05. The first-order chi connectivity index (χ1) is 15.9. The van der Waals surface area contributed by atoms with Gasteiger partial charge in [-0.25, -0.2) is 14.0 Å². The minimum atomic E-state index is -1.29. The highest BCUT2D eigenvalue weighted by atomic mass is 19.1. The van der Waals surface area contributed by atoms with Gasteiger partial charge in [-0.3, -0.25) is 4.90 Å². The molecule has 1 aliphatic rings. The lowest BCUT2D eigenvalue weighted by Crippen LogP contribution is -2.44. The number of carbonyl (C=O) groups excluding carboxylic acids is 1. The highest BCUT2D eigenvalue weighted by molar-refractivity contribution is 5.81. The van der Waals surface area contributed by atoms with Gasteiger partial charge in [-0.15, -0.1) is 0 Å². The van der Waals surface area contributed by atoms with E-state index in [9.17, 15) is 19.1 Å². The summed E-state index contributed by atoms with van der Waals surface area (Å²) in [4.78, 5) is 25.6. The fourth-order valence-electron chi connectivity index (χ4n) is 4.24. The summed E-state index contributed by atoms with van der Waals surface area (Å²) in [7, 11) is 2.76. The van der Waals surface area contributed by atoms with Gasteiger partial charge in [-0.2, -0.15) is 0 Å². The second kappa shape index (κ2) is 9.32. The van der Waals surface area contributed by atoms with Crippen molar-refractivity contribution in [2.75, 3.05) is 20.8 Å². The zero-order chi connectivity index (χ0) is 23.5. The van der Waals surface area contributed by atoms with Crippen molar-refractivity contribution in [2.24, 2.45) is 0 Å². The minimum Gasteiger partial charge on any atom is -0.497 e. The van der Waals surface area contributed by atoms with Crippen molar-refractivity contribution in [1.82, 2.24) is 4.90 Å². The van der Waals surface area contributed by atoms with Crippen LogP contribution in [0.5, 0.6) is 5.75 Å². The monoisotopic (exact) mass is 449 g/mol. The van der Waals surface area contributed by atoms with Crippen LogP contribution in [0.1, 0.15) is 22.6 Å². The predicted molar refractivity (Wildman–Crippen MR) is 121 cm³/mol. The number of ether oxygens (including phenoxy) is 2. The van der Waals surface area contributed by atoms with Crippen molar-refractivity contribution >= 4 is 12.1 Å². The number of benzene rings is 3. The summed E-state index contributed by atoms with van der Waals surface area (Å²) >= 11 is 0. The molecular formula is C26H24FNO5. The van der Waals surface area contributed by atoms with E-state index in [1.54, 1.807) is 6.07 Å². The molecule has 3 aromatic rings. The fraction of sp³-hybridized carbons (Fsp3) is 0.231. The molecule has 0 spiro atoms. The van der Waals surface area contributed by atoms with Gasteiger partial charge in [0.05, 0.1) is 7.11 Å². The first-order valence-electron chi connectivity index (χ1n) is 10.5. The Labute approximate surface area is 191 Å². The Bertz CT molecular complexity index is 1150. The van der Waals surface area contributed by atoms with Crippen LogP contribution < -0.4 is 4.74 Å². The third-order valence-electron chi connectivity index (χ3n) is 6.05. The summed E-state index contributed by atoms with van der Waals surface area (Å²) < 4.78 is 24.9. The number of carboxylic acids is 1. The van der Waals surface area contributed by atoms with E-state index in [0.717, 1.165) is 27.2 Å². The Morgan fingerprint density at radius 3 is 2.18 bits per heavy atom. The molecule has 0 radical (unpaired) electrons. The summed E-state index contributed by atoms with van der Waals surface area (Å²) in [5.74, 6) is -1.66. The zero-order valence-corrected chi connectivity index (χ0v) is 18.3. The molecule has 1 unspecified atom stereocenters. The van der Waals surface area contributed by atoms with Crippen LogP contribution in [0.4, 0.5) is 9.18 Å². The predicted octanol–water partition coefficient (Wildman–Crippen LogP) is 4.71. The molecular weight excluding hydrogens is 425 g/mol. The van der Waals surface area contributed by atoms with Crippen molar-refractivity contribution in [2.45, 2.75) is 18.4 Å². The Balaban J connectivity index is 1.48. The van der Waals surface area contributed by atoms with Crippen molar-refractivity contribution in [3.05, 3.63) is 89.2 Å². The Kier molecular flexibility index (Phi) is 6.31. The molecule has 170 valence electrons. The van der Waals surface area contributed by atoms with E-state index in [-0.39, 0.29) is 24.5 Å². The minimum absolute atomic E-state index is 0.0699. The maximum atomic E-state index is 14.4. The molecule has 4 rings (SSSR count). The van der Waals surface area contributed by atoms with Gasteiger partial charge in [-0.1, -0.05) is 54.6 Å². The number of aliphatic carboxylic acids is 1. The van der Waals surface area contributed by atoms with Gasteiger partial charge in [0.25, 0.3) is 0 Å². The highest BCUT2D eigenvalue weighted by Gasteiger charge is 2.32. The molecule has 0 saturated carbocycles. The number of methoxy groups -OCH3 is 1. The summed E-state index contributed by atoms with van der Waals surface area (Å²) in [5, 5.41) is 9.69. The van der Waals surface area contributed by atoms with Crippen LogP contribution in [0.2, 0.25) is 0 Å². The van der Waals surface area contributed by atoms with Gasteiger partial charge < -0.3 is 14.6 Å². The molecule has 0 aliphatic heterocycles. The first kappa shape index (κ1) is 22.3. The molecule has 1 amide bonds. The highest BCUT2D eigenvalue weighted by Crippen LogP contribution is 2.44. The van der Waals surface area contributed by atoms with Gasteiger partial charge in [0.1, 0.15) is 24.2 Å². The van der Waals surface area contributed by atoms with Gasteiger partial charge in [0.2, 0.25) is 0 Å². The number of rotatable bonds is 7. The molecule has 0 bridgehead atoms. The molecule has 1 atom stereocenters. The standard InChI is InChI=1S/C26H24FNO5/c1-28(24(25(29)30)13-16-11-12-17(32-2)14-23(16)27)26(31)33-15-22-20-9-5-3-7-18(20)19-8-4-6-10-21(19)22/h3-12,14,22,24H,13,15H2,1-2H3,(H,29,30). The first-order valence-corrected chi connectivity index (χ1v) is 10.5. The lowest BCUT2D eigenvalue weighted by molar-refractivity contribution is -0.142. The number of likely N-dealkylation sites (N-methyl/N-ethyl adjacent to an activating group) is 1. The summed E-state index contributed by atoms with van der Waals surface area (Å²) in [6.07, 6.45) is -0.982. The topological polar surface area (TPSA) is 76.1 Å². The van der Waals surface area contributed by atoms with E-state index in [0.29, 0.717) is 5.75 Å². The molecule has 0 heterocycles. The summed E-state index contributed by atoms with van der Waals surface area (Å²) in [6, 6.07) is 18.8. The Morgan fingerprint density at radius 1 is 1.03 bits per heavy atom. The van der Waals surface area contributed by atoms with Crippen LogP contribution >= 0.6 is 0 Å². The normalized spacial score (nSPS) is 13.1. The molecule has 7 heteroatoms. The summed E-state index contributed by atoms with van der Waals surface area (Å²) in [5.41, 5.74) is 4.48. The average Bonchev–Trinajstić information content (AvgIpc) is 3.14. The number of hydrogen-bond acceptors (Lipinski definition) is 4. The van der Waals surface area contributed by atoms with E-state index in [2.05, 4.69) is 0 Å². The smallest absolute Gasteiger partial charge is 0.410 e. The van der Waals surface area contributed by atoms with Crippen LogP contribution in [0.15, 0.2) is 66.7 Å². The van der Waals surface area contributed by atoms with E-state index in [4.69, 9.17) is 9.47 Å². The Hall–Kier alpha value is -3.87. The number of carbonyl (C=O) groups is 2. The van der Waals surface area contributed by atoms with E-state index in [1.807, 2.05) is 48.5 Å². The summed E-state index contributed by atoms with van der Waals surface area (Å²) in [6.45, 7) is 0.0699. The van der Waals surface area contributed by atoms with Crippen LogP contribution in [0.25, 0.3) is 11.1 Å². The zero-order valence-electron chi connectivity index (χ0n) is 18.3. The van der Waals surface area contributed by atoms with Crippen molar-refractivity contribution in [3.8, 4) is 16.9 Å². The van der Waals surface area contributed by atoms with Crippen LogP contribution in [0, 0.1) is 5.82 Å². The lowest BCUT2D eigenvalue weighted by Gasteiger charge is -2.25. The largest absolute Gasteiger partial charge is 0.497 e. The molecule has 1 aliphatic carbocycles. The number of halogens is 1. The number of fused-ring (bicyclic) bond motifs is 3. The molecule has 1 N–H and O–H groups in total. The molecule has 0 fully saturated rings. The van der Waals surface area contributed by atoms with E-state index < -0.39 is 23.9 Å². The number of nitrogens with zero attached hydrogens (tertiary/aromatic N) is 1. The van der Waals surface area contributed by atoms with Crippen molar-refractivity contribution < 1.29 is 28.6 Å². The van der Waals surface area contributed by atoms with Crippen molar-refractivity contribution in [3.63, 3.8) is 0 Å².